The average molecular weight is 1260 g/mol. The van der Waals surface area contributed by atoms with Crippen molar-refractivity contribution in [2.24, 2.45) is 0 Å². The molecule has 0 aromatic heterocycles. The first kappa shape index (κ1) is 80.5. The molecule has 12 N–H and O–H groups in total. The first-order valence-corrected chi connectivity index (χ1v) is 35.6. The van der Waals surface area contributed by atoms with E-state index in [1.807, 2.05) is 6.08 Å². The van der Waals surface area contributed by atoms with Gasteiger partial charge in [-0.05, 0) is 32.1 Å². The quantitative estimate of drug-likeness (QED) is 0.0199. The molecule has 0 radical (unpaired) electrons. The molecule has 0 bridgehead atoms. The van der Waals surface area contributed by atoms with Gasteiger partial charge in [0, 0.05) is 6.42 Å². The molecular weight excluding hydrogens is 1130 g/mol. The molecule has 19 heteroatoms. The maximum atomic E-state index is 13.4. The number of carbonyl (C=O) groups is 1. The Balaban J connectivity index is 1.45. The van der Waals surface area contributed by atoms with E-state index in [4.69, 9.17) is 28.4 Å². The summed E-state index contributed by atoms with van der Waals surface area (Å²) in [7, 11) is 0. The number of carbonyl (C=O) groups excluding carboxylic acids is 1. The Morgan fingerprint density at radius 2 is 0.727 bits per heavy atom. The molecule has 3 aliphatic rings. The van der Waals surface area contributed by atoms with E-state index in [0.717, 1.165) is 38.5 Å². The molecule has 518 valence electrons. The van der Waals surface area contributed by atoms with E-state index in [2.05, 4.69) is 31.3 Å². The molecule has 0 saturated carbocycles. The number of nitrogens with one attached hydrogen (secondary N) is 1. The van der Waals surface area contributed by atoms with Gasteiger partial charge in [0.1, 0.15) is 73.2 Å². The van der Waals surface area contributed by atoms with Gasteiger partial charge in [-0.3, -0.25) is 4.79 Å². The topological polar surface area (TPSA) is 307 Å². The highest BCUT2D eigenvalue weighted by Gasteiger charge is 2.53. The first-order chi connectivity index (χ1) is 42.8. The Morgan fingerprint density at radius 3 is 1.14 bits per heavy atom. The van der Waals surface area contributed by atoms with Crippen molar-refractivity contribution in [3.8, 4) is 0 Å². The molecule has 3 aliphatic heterocycles. The van der Waals surface area contributed by atoms with Crippen LogP contribution in [0.5, 0.6) is 0 Å². The van der Waals surface area contributed by atoms with Crippen molar-refractivity contribution in [3.05, 3.63) is 24.3 Å². The second-order valence-corrected chi connectivity index (χ2v) is 25.7. The van der Waals surface area contributed by atoms with Crippen LogP contribution in [0.3, 0.4) is 0 Å². The SMILES string of the molecule is CCCCCCCCCCCCCCCCCCCC/C=C/CC/C=C/C(O)C(COC1OC(CO)C(OC2OC(CO)C(OC3OC(CO)C(O)C(O)C3O)C(O)C2O)C(O)C1O)NC(=O)CCCCCCCCCCCCCCCCCCCCC. The zero-order valence-corrected chi connectivity index (χ0v) is 54.7. The highest BCUT2D eigenvalue weighted by molar-refractivity contribution is 5.76. The Labute approximate surface area is 530 Å². The molecule has 17 unspecified atom stereocenters. The second-order valence-electron chi connectivity index (χ2n) is 25.7. The molecule has 3 fully saturated rings. The zero-order valence-electron chi connectivity index (χ0n) is 54.7. The van der Waals surface area contributed by atoms with Gasteiger partial charge in [-0.1, -0.05) is 263 Å². The Bertz CT molecular complexity index is 1690. The molecule has 3 saturated heterocycles. The van der Waals surface area contributed by atoms with Crippen molar-refractivity contribution in [1.29, 1.82) is 0 Å². The van der Waals surface area contributed by atoms with Crippen molar-refractivity contribution in [2.45, 2.75) is 381 Å². The van der Waals surface area contributed by atoms with Crippen molar-refractivity contribution >= 4 is 5.91 Å². The normalized spacial score (nSPS) is 28.5. The van der Waals surface area contributed by atoms with E-state index in [9.17, 15) is 61.0 Å². The second kappa shape index (κ2) is 51.7. The lowest BCUT2D eigenvalue weighted by Crippen LogP contribution is -2.66. The Hall–Kier alpha value is -1.73. The Kier molecular flexibility index (Phi) is 47.3. The predicted molar refractivity (Wildman–Crippen MR) is 342 cm³/mol. The predicted octanol–water partition coefficient (Wildman–Crippen LogP) is 9.44. The molecular formula is C69H129NO18. The summed E-state index contributed by atoms with van der Waals surface area (Å²) in [6.07, 6.45) is 31.6. The molecule has 19 nitrogen and oxygen atoms in total. The van der Waals surface area contributed by atoms with Crippen molar-refractivity contribution < 1.29 is 89.4 Å². The smallest absolute Gasteiger partial charge is 0.220 e. The van der Waals surface area contributed by atoms with E-state index < -0.39 is 124 Å². The zero-order chi connectivity index (χ0) is 64.0. The van der Waals surface area contributed by atoms with Gasteiger partial charge in [-0.15, -0.1) is 0 Å². The van der Waals surface area contributed by atoms with Crippen LogP contribution in [0.15, 0.2) is 24.3 Å². The fourth-order valence-corrected chi connectivity index (χ4v) is 12.2. The van der Waals surface area contributed by atoms with Crippen LogP contribution in [0.4, 0.5) is 0 Å². The number of ether oxygens (including phenoxy) is 6. The summed E-state index contributed by atoms with van der Waals surface area (Å²) in [4.78, 5) is 13.4. The van der Waals surface area contributed by atoms with Crippen molar-refractivity contribution in [2.75, 3.05) is 26.4 Å². The number of aliphatic hydroxyl groups is 11. The highest BCUT2D eigenvalue weighted by Crippen LogP contribution is 2.33. The minimum Gasteiger partial charge on any atom is -0.394 e. The van der Waals surface area contributed by atoms with Gasteiger partial charge in [0.2, 0.25) is 5.91 Å². The third-order valence-electron chi connectivity index (χ3n) is 18.0. The lowest BCUT2D eigenvalue weighted by Gasteiger charge is -2.48. The minimum absolute atomic E-state index is 0.241. The van der Waals surface area contributed by atoms with Gasteiger partial charge in [0.15, 0.2) is 18.9 Å². The van der Waals surface area contributed by atoms with Gasteiger partial charge < -0.3 is 89.9 Å². The molecule has 3 heterocycles. The van der Waals surface area contributed by atoms with E-state index in [1.54, 1.807) is 6.08 Å². The molecule has 1 amide bonds. The van der Waals surface area contributed by atoms with Crippen LogP contribution in [0.2, 0.25) is 0 Å². The molecule has 0 aliphatic carbocycles. The van der Waals surface area contributed by atoms with E-state index in [0.29, 0.717) is 12.8 Å². The number of hydrogen-bond donors (Lipinski definition) is 12. The average Bonchev–Trinajstić information content (AvgIpc) is 3.71. The van der Waals surface area contributed by atoms with Crippen molar-refractivity contribution in [3.63, 3.8) is 0 Å². The fourth-order valence-electron chi connectivity index (χ4n) is 12.2. The number of rotatable bonds is 55. The third kappa shape index (κ3) is 33.4. The lowest BCUT2D eigenvalue weighted by molar-refractivity contribution is -0.379. The van der Waals surface area contributed by atoms with Crippen molar-refractivity contribution in [1.82, 2.24) is 5.32 Å². The summed E-state index contributed by atoms with van der Waals surface area (Å²) in [6.45, 7) is 1.75. The van der Waals surface area contributed by atoms with Gasteiger partial charge in [-0.2, -0.15) is 0 Å². The van der Waals surface area contributed by atoms with E-state index in [-0.39, 0.29) is 18.9 Å². The summed E-state index contributed by atoms with van der Waals surface area (Å²) in [5.41, 5.74) is 0. The van der Waals surface area contributed by atoms with Crippen LogP contribution < -0.4 is 5.32 Å². The summed E-state index contributed by atoms with van der Waals surface area (Å²) in [5, 5.41) is 121. The summed E-state index contributed by atoms with van der Waals surface area (Å²) in [5.74, 6) is -0.280. The first-order valence-electron chi connectivity index (χ1n) is 35.6. The van der Waals surface area contributed by atoms with Crippen LogP contribution in [0.25, 0.3) is 0 Å². The monoisotopic (exact) mass is 1260 g/mol. The summed E-state index contributed by atoms with van der Waals surface area (Å²) in [6, 6.07) is -0.987. The maximum absolute atomic E-state index is 13.4. The third-order valence-corrected chi connectivity index (χ3v) is 18.0. The van der Waals surface area contributed by atoms with Gasteiger partial charge in [0.25, 0.3) is 0 Å². The number of hydrogen-bond acceptors (Lipinski definition) is 18. The molecule has 0 spiro atoms. The molecule has 0 aromatic rings. The van der Waals surface area contributed by atoms with E-state index >= 15 is 0 Å². The van der Waals surface area contributed by atoms with Gasteiger partial charge in [-0.25, -0.2) is 0 Å². The standard InChI is InChI=1S/C69H129NO18/c1-3-5-7-9-11-13-15-17-19-21-23-24-25-26-27-29-30-32-34-36-38-40-42-44-46-53(74)52(70-57(75)47-45-43-41-39-37-35-33-31-28-22-20-18-16-14-12-10-8-6-4-2)51-83-67-63(81)60(78)65(55(49-72)85-67)88-69-64(82)61(79)66(56(50-73)86-69)87-68-62(80)59(77)58(76)54(48-71)84-68/h36,38,44,46,52-56,58-69,71-74,76-82H,3-35,37,39-43,45,47-51H2,1-2H3,(H,70,75)/b38-36+,46-44+. The molecule has 3 rings (SSSR count). The number of amides is 1. The van der Waals surface area contributed by atoms with Gasteiger partial charge >= 0.3 is 0 Å². The van der Waals surface area contributed by atoms with Gasteiger partial charge in [0.05, 0.1) is 38.6 Å². The molecule has 88 heavy (non-hydrogen) atoms. The summed E-state index contributed by atoms with van der Waals surface area (Å²) >= 11 is 0. The number of allylic oxidation sites excluding steroid dienone is 3. The van der Waals surface area contributed by atoms with Crippen LogP contribution in [0, 0.1) is 0 Å². The number of aliphatic hydroxyl groups excluding tert-OH is 11. The fraction of sp³-hybridized carbons (Fsp3) is 0.928. The number of unbranched alkanes of at least 4 members (excludes halogenated alkanes) is 37. The lowest BCUT2D eigenvalue weighted by atomic mass is 9.96. The largest absolute Gasteiger partial charge is 0.394 e. The van der Waals surface area contributed by atoms with Crippen LogP contribution in [0.1, 0.15) is 277 Å². The summed E-state index contributed by atoms with van der Waals surface area (Å²) < 4.78 is 34.4. The molecule has 17 atom stereocenters. The molecule has 0 aromatic carbocycles. The van der Waals surface area contributed by atoms with Crippen LogP contribution >= 0.6 is 0 Å². The minimum atomic E-state index is -1.98. The highest BCUT2D eigenvalue weighted by atomic mass is 16.8. The Morgan fingerprint density at radius 1 is 0.398 bits per heavy atom. The maximum Gasteiger partial charge on any atom is 0.220 e. The van der Waals surface area contributed by atoms with Crippen LogP contribution in [-0.2, 0) is 33.2 Å². The van der Waals surface area contributed by atoms with E-state index in [1.165, 1.54) is 205 Å². The van der Waals surface area contributed by atoms with Crippen LogP contribution in [-0.4, -0.2) is 193 Å².